The van der Waals surface area contributed by atoms with Gasteiger partial charge in [-0.25, -0.2) is 5.48 Å². The molecular weight excluding hydrogens is 570 g/mol. The van der Waals surface area contributed by atoms with Gasteiger partial charge in [0.1, 0.15) is 5.69 Å². The summed E-state index contributed by atoms with van der Waals surface area (Å²) in [7, 11) is 0. The Hall–Kier alpha value is -2.32. The molecule has 1 aromatic carbocycles. The molecule has 33 heavy (non-hydrogen) atoms. The summed E-state index contributed by atoms with van der Waals surface area (Å²) in [6, 6.07) is 1.94. The van der Waals surface area contributed by atoms with Crippen LogP contribution in [0.1, 0.15) is 48.9 Å². The van der Waals surface area contributed by atoms with Gasteiger partial charge in [0, 0.05) is 42.8 Å². The van der Waals surface area contributed by atoms with Crippen LogP contribution in [0.5, 0.6) is 0 Å². The van der Waals surface area contributed by atoms with Crippen molar-refractivity contribution in [1.29, 1.82) is 0 Å². The van der Waals surface area contributed by atoms with Crippen LogP contribution in [-0.2, 0) is 4.79 Å². The zero-order chi connectivity index (χ0) is 24.8. The summed E-state index contributed by atoms with van der Waals surface area (Å²) in [6.45, 7) is 1.01. The Morgan fingerprint density at radius 3 is 2.12 bits per heavy atom. The summed E-state index contributed by atoms with van der Waals surface area (Å²) in [6.07, 6.45) is 3.90. The van der Waals surface area contributed by atoms with E-state index in [9.17, 15) is 29.8 Å². The lowest BCUT2D eigenvalue weighted by Crippen LogP contribution is -2.32. The summed E-state index contributed by atoms with van der Waals surface area (Å²) >= 11 is 6.59. The molecule has 0 fully saturated rings. The van der Waals surface area contributed by atoms with E-state index >= 15 is 0 Å². The lowest BCUT2D eigenvalue weighted by Gasteiger charge is -2.25. The number of halogens is 2. The fourth-order valence-corrected chi connectivity index (χ4v) is 4.04. The van der Waals surface area contributed by atoms with Crippen molar-refractivity contribution >= 4 is 60.7 Å². The monoisotopic (exact) mass is 595 g/mol. The maximum absolute atomic E-state index is 12.9. The van der Waals surface area contributed by atoms with Gasteiger partial charge in [-0.05, 0) is 12.8 Å². The minimum Gasteiger partial charge on any atom is -0.364 e. The number of nitro benzene ring substituents is 2. The quantitative estimate of drug-likeness (QED) is 0.0853. The van der Waals surface area contributed by atoms with Gasteiger partial charge in [0.05, 0.1) is 21.5 Å². The Morgan fingerprint density at radius 2 is 1.58 bits per heavy atom. The molecule has 0 radical (unpaired) electrons. The van der Waals surface area contributed by atoms with Crippen LogP contribution in [-0.4, -0.2) is 57.2 Å². The van der Waals surface area contributed by atoms with Gasteiger partial charge >= 0.3 is 0 Å². The first-order valence-corrected chi connectivity index (χ1v) is 12.6. The lowest BCUT2D eigenvalue weighted by molar-refractivity contribution is -0.393. The van der Waals surface area contributed by atoms with Crippen LogP contribution >= 0.6 is 31.9 Å². The van der Waals surface area contributed by atoms with E-state index in [4.69, 9.17) is 5.21 Å². The van der Waals surface area contributed by atoms with Gasteiger partial charge in [-0.2, -0.15) is 0 Å². The van der Waals surface area contributed by atoms with Gasteiger partial charge in [-0.15, -0.1) is 0 Å². The smallest absolute Gasteiger partial charge is 0.300 e. The van der Waals surface area contributed by atoms with Crippen LogP contribution in [0, 0.1) is 20.2 Å². The highest BCUT2D eigenvalue weighted by molar-refractivity contribution is 9.09. The van der Waals surface area contributed by atoms with Crippen molar-refractivity contribution in [2.45, 2.75) is 38.5 Å². The summed E-state index contributed by atoms with van der Waals surface area (Å²) in [5.41, 5.74) is 0.478. The number of unbranched alkanes of at least 4 members (excludes halogenated alkanes) is 4. The molecule has 2 amide bonds. The summed E-state index contributed by atoms with van der Waals surface area (Å²) in [5.74, 6) is -1.05. The van der Waals surface area contributed by atoms with Crippen LogP contribution in [0.25, 0.3) is 0 Å². The average Bonchev–Trinajstić information content (AvgIpc) is 2.79. The average molecular weight is 597 g/mol. The zero-order valence-corrected chi connectivity index (χ0v) is 21.1. The van der Waals surface area contributed by atoms with Gasteiger partial charge in [-0.1, -0.05) is 51.1 Å². The molecule has 12 nitrogen and oxygen atoms in total. The number of carbonyl (C=O) groups is 2. The number of benzene rings is 1. The number of nitro groups is 2. The summed E-state index contributed by atoms with van der Waals surface area (Å²) < 4.78 is 0. The second kappa shape index (κ2) is 15.5. The number of anilines is 1. The Balaban J connectivity index is 2.95. The normalized spacial score (nSPS) is 10.5. The standard InChI is InChI=1S/C19H27Br2N5O7/c20-7-10-24(11-8-21)18-15(12-14(25(30)31)13-16(18)26(32)33)19(28)22-9-5-3-1-2-4-6-17(27)23-29/h12-13,29H,1-11H2,(H,22,28)(H,23,27). The van der Waals surface area contributed by atoms with E-state index in [0.29, 0.717) is 43.1 Å². The van der Waals surface area contributed by atoms with Gasteiger partial charge in [0.2, 0.25) is 5.91 Å². The SMILES string of the molecule is O=C(CCCCCCCNC(=O)c1cc([N+](=O)[O-])cc([N+](=O)[O-])c1N(CCBr)CCBr)NO. The molecule has 0 saturated carbocycles. The third-order valence-corrected chi connectivity index (χ3v) is 5.45. The van der Waals surface area contributed by atoms with Crippen molar-refractivity contribution in [1.82, 2.24) is 10.8 Å². The molecular formula is C19H27Br2N5O7. The van der Waals surface area contributed by atoms with E-state index in [1.165, 1.54) is 0 Å². The number of hydroxylamine groups is 1. The molecule has 14 heteroatoms. The van der Waals surface area contributed by atoms with Crippen LogP contribution in [0.2, 0.25) is 0 Å². The first-order chi connectivity index (χ1) is 15.8. The number of alkyl halides is 2. The molecule has 3 N–H and O–H groups in total. The molecule has 184 valence electrons. The minimum atomic E-state index is -0.760. The van der Waals surface area contributed by atoms with Crippen molar-refractivity contribution in [3.8, 4) is 0 Å². The number of carbonyl (C=O) groups excluding carboxylic acids is 2. The largest absolute Gasteiger partial charge is 0.364 e. The van der Waals surface area contributed by atoms with Crippen LogP contribution in [0.3, 0.4) is 0 Å². The topological polar surface area (TPSA) is 168 Å². The van der Waals surface area contributed by atoms with E-state index < -0.39 is 33.0 Å². The fraction of sp³-hybridized carbons (Fsp3) is 0.579. The third-order valence-electron chi connectivity index (χ3n) is 4.74. The molecule has 0 bridgehead atoms. The molecule has 0 unspecified atom stereocenters. The number of rotatable bonds is 16. The molecule has 0 aliphatic carbocycles. The van der Waals surface area contributed by atoms with Crippen LogP contribution in [0.15, 0.2) is 12.1 Å². The molecule has 0 saturated heterocycles. The van der Waals surface area contributed by atoms with Gasteiger partial charge in [0.15, 0.2) is 0 Å². The van der Waals surface area contributed by atoms with Crippen molar-refractivity contribution in [3.05, 3.63) is 37.9 Å². The second-order valence-corrected chi connectivity index (χ2v) is 8.63. The molecule has 0 aromatic heterocycles. The van der Waals surface area contributed by atoms with Crippen LogP contribution in [0.4, 0.5) is 17.1 Å². The lowest BCUT2D eigenvalue weighted by atomic mass is 10.1. The number of hydrogen-bond donors (Lipinski definition) is 3. The maximum Gasteiger partial charge on any atom is 0.300 e. The van der Waals surface area contributed by atoms with Gasteiger partial charge < -0.3 is 10.2 Å². The van der Waals surface area contributed by atoms with Crippen molar-refractivity contribution in [3.63, 3.8) is 0 Å². The molecule has 0 aliphatic rings. The molecule has 0 aliphatic heterocycles. The highest BCUT2D eigenvalue weighted by Crippen LogP contribution is 2.36. The van der Waals surface area contributed by atoms with E-state index in [0.717, 1.165) is 31.4 Å². The van der Waals surface area contributed by atoms with Crippen molar-refractivity contribution in [2.24, 2.45) is 0 Å². The maximum atomic E-state index is 12.9. The van der Waals surface area contributed by atoms with E-state index in [2.05, 4.69) is 37.2 Å². The predicted molar refractivity (Wildman–Crippen MR) is 130 cm³/mol. The molecule has 1 rings (SSSR count). The van der Waals surface area contributed by atoms with Crippen LogP contribution < -0.4 is 15.7 Å². The number of non-ortho nitro benzene ring substituents is 1. The fourth-order valence-electron chi connectivity index (χ4n) is 3.19. The minimum absolute atomic E-state index is 0.0455. The van der Waals surface area contributed by atoms with E-state index in [-0.39, 0.29) is 17.7 Å². The Morgan fingerprint density at radius 1 is 0.970 bits per heavy atom. The third kappa shape index (κ3) is 9.60. The Bertz CT molecular complexity index is 835. The second-order valence-electron chi connectivity index (χ2n) is 7.05. The molecule has 0 spiro atoms. The summed E-state index contributed by atoms with van der Waals surface area (Å²) in [4.78, 5) is 47.0. The number of nitrogens with zero attached hydrogens (tertiary/aromatic N) is 3. The molecule has 0 atom stereocenters. The first kappa shape index (κ1) is 28.7. The Kier molecular flexibility index (Phi) is 13.5. The number of nitrogens with one attached hydrogen (secondary N) is 2. The molecule has 1 aromatic rings. The van der Waals surface area contributed by atoms with E-state index in [1.807, 2.05) is 0 Å². The van der Waals surface area contributed by atoms with Crippen molar-refractivity contribution < 1.29 is 24.6 Å². The number of amides is 2. The van der Waals surface area contributed by atoms with Crippen molar-refractivity contribution in [2.75, 3.05) is 35.2 Å². The Labute approximate surface area is 207 Å². The summed E-state index contributed by atoms with van der Waals surface area (Å²) in [5, 5.41) is 35.1. The highest BCUT2D eigenvalue weighted by Gasteiger charge is 2.30. The number of hydrogen-bond acceptors (Lipinski definition) is 8. The highest BCUT2D eigenvalue weighted by atomic mass is 79.9. The van der Waals surface area contributed by atoms with Gasteiger partial charge in [0.25, 0.3) is 17.3 Å². The van der Waals surface area contributed by atoms with Gasteiger partial charge in [-0.3, -0.25) is 35.0 Å². The first-order valence-electron chi connectivity index (χ1n) is 10.3. The molecule has 0 heterocycles. The van der Waals surface area contributed by atoms with E-state index in [1.54, 1.807) is 10.4 Å². The zero-order valence-electron chi connectivity index (χ0n) is 17.9. The predicted octanol–water partition coefficient (Wildman–Crippen LogP) is 3.68.